The largest absolute Gasteiger partial charge is 0.493 e. The first-order chi connectivity index (χ1) is 11.5. The molecule has 0 spiro atoms. The molecule has 0 unspecified atom stereocenters. The molecule has 0 radical (unpaired) electrons. The summed E-state index contributed by atoms with van der Waals surface area (Å²) in [6.45, 7) is -0.266. The van der Waals surface area contributed by atoms with Gasteiger partial charge in [0, 0.05) is 11.3 Å². The molecule has 2 N–H and O–H groups in total. The highest BCUT2D eigenvalue weighted by Crippen LogP contribution is 2.27. The Morgan fingerprint density at radius 2 is 1.83 bits per heavy atom. The zero-order valence-corrected chi connectivity index (χ0v) is 12.8. The van der Waals surface area contributed by atoms with Gasteiger partial charge in [0.1, 0.15) is 6.29 Å². The first-order valence-electron chi connectivity index (χ1n) is 6.92. The molecule has 0 aromatic heterocycles. The molecule has 0 bridgehead atoms. The van der Waals surface area contributed by atoms with Gasteiger partial charge in [0.2, 0.25) is 0 Å². The van der Waals surface area contributed by atoms with Crippen molar-refractivity contribution in [2.24, 2.45) is 0 Å². The van der Waals surface area contributed by atoms with E-state index in [-0.39, 0.29) is 12.2 Å². The van der Waals surface area contributed by atoms with Crippen LogP contribution >= 0.6 is 0 Å². The zero-order chi connectivity index (χ0) is 17.5. The molecule has 0 saturated carbocycles. The molecule has 0 fully saturated rings. The molecule has 0 aliphatic rings. The number of carbonyl (C=O) groups excluding carboxylic acids is 2. The third-order valence-corrected chi connectivity index (χ3v) is 3.10. The van der Waals surface area contributed by atoms with Crippen molar-refractivity contribution >= 4 is 23.9 Å². The number of carboxylic acid groups (broad SMARTS) is 1. The van der Waals surface area contributed by atoms with Crippen LogP contribution in [-0.4, -0.2) is 37.0 Å². The molecular weight excluding hydrogens is 314 g/mol. The first-order valence-corrected chi connectivity index (χ1v) is 6.92. The van der Waals surface area contributed by atoms with Crippen LogP contribution in [0.1, 0.15) is 20.7 Å². The molecule has 0 aliphatic carbocycles. The lowest BCUT2D eigenvalue weighted by Crippen LogP contribution is -2.20. The number of hydrogen-bond donors (Lipinski definition) is 2. The fourth-order valence-corrected chi connectivity index (χ4v) is 1.91. The van der Waals surface area contributed by atoms with E-state index in [1.54, 1.807) is 6.07 Å². The molecule has 0 aliphatic heterocycles. The quantitative estimate of drug-likeness (QED) is 0.755. The van der Waals surface area contributed by atoms with Crippen molar-refractivity contribution in [3.63, 3.8) is 0 Å². The lowest BCUT2D eigenvalue weighted by Gasteiger charge is -2.11. The van der Waals surface area contributed by atoms with E-state index in [1.807, 2.05) is 0 Å². The van der Waals surface area contributed by atoms with Gasteiger partial charge in [0.15, 0.2) is 18.1 Å². The van der Waals surface area contributed by atoms with Crippen LogP contribution in [0, 0.1) is 0 Å². The van der Waals surface area contributed by atoms with Crippen LogP contribution in [0.2, 0.25) is 0 Å². The lowest BCUT2D eigenvalue weighted by atomic mass is 10.2. The van der Waals surface area contributed by atoms with Crippen molar-refractivity contribution in [1.82, 2.24) is 0 Å². The minimum absolute atomic E-state index is 0.129. The number of benzene rings is 2. The average molecular weight is 329 g/mol. The van der Waals surface area contributed by atoms with E-state index in [2.05, 4.69) is 5.32 Å². The average Bonchev–Trinajstić information content (AvgIpc) is 2.60. The number of anilines is 1. The minimum atomic E-state index is -1.04. The van der Waals surface area contributed by atoms with Crippen LogP contribution in [0.3, 0.4) is 0 Å². The number of amides is 1. The second kappa shape index (κ2) is 7.77. The van der Waals surface area contributed by atoms with E-state index in [0.29, 0.717) is 29.0 Å². The zero-order valence-electron chi connectivity index (χ0n) is 12.8. The summed E-state index contributed by atoms with van der Waals surface area (Å²) in [7, 11) is 1.43. The molecule has 2 aromatic carbocycles. The van der Waals surface area contributed by atoms with E-state index >= 15 is 0 Å². The first kappa shape index (κ1) is 17.0. The van der Waals surface area contributed by atoms with Crippen LogP contribution in [0.25, 0.3) is 0 Å². The predicted molar refractivity (Wildman–Crippen MR) is 85.9 cm³/mol. The number of nitrogens with one attached hydrogen (secondary N) is 1. The highest BCUT2D eigenvalue weighted by atomic mass is 16.5. The maximum atomic E-state index is 11.9. The number of rotatable bonds is 7. The van der Waals surface area contributed by atoms with Crippen LogP contribution in [0.5, 0.6) is 11.5 Å². The van der Waals surface area contributed by atoms with Gasteiger partial charge < -0.3 is 19.9 Å². The van der Waals surface area contributed by atoms with Gasteiger partial charge in [-0.15, -0.1) is 0 Å². The molecular formula is C17H15NO6. The second-order valence-electron chi connectivity index (χ2n) is 4.75. The molecule has 0 atom stereocenters. The molecule has 2 rings (SSSR count). The summed E-state index contributed by atoms with van der Waals surface area (Å²) in [5.74, 6) is -0.778. The highest BCUT2D eigenvalue weighted by molar-refractivity contribution is 5.93. The topological polar surface area (TPSA) is 102 Å². The number of carbonyl (C=O) groups is 3. The molecule has 0 saturated heterocycles. The molecule has 24 heavy (non-hydrogen) atoms. The Morgan fingerprint density at radius 1 is 1.12 bits per heavy atom. The Hall–Kier alpha value is -3.35. The van der Waals surface area contributed by atoms with Gasteiger partial charge in [-0.25, -0.2) is 4.79 Å². The Morgan fingerprint density at radius 3 is 2.42 bits per heavy atom. The van der Waals surface area contributed by atoms with E-state index < -0.39 is 11.9 Å². The Bertz CT molecular complexity index is 754. The van der Waals surface area contributed by atoms with E-state index in [0.717, 1.165) is 0 Å². The van der Waals surface area contributed by atoms with Crippen LogP contribution in [0.15, 0.2) is 42.5 Å². The summed E-state index contributed by atoms with van der Waals surface area (Å²) in [6, 6.07) is 10.3. The van der Waals surface area contributed by atoms with Crippen LogP contribution in [-0.2, 0) is 4.79 Å². The smallest absolute Gasteiger partial charge is 0.335 e. The summed E-state index contributed by atoms with van der Waals surface area (Å²) in [5.41, 5.74) is 1.02. The van der Waals surface area contributed by atoms with Gasteiger partial charge in [-0.1, -0.05) is 0 Å². The Kier molecular flexibility index (Phi) is 5.51. The fraction of sp³-hybridized carbons (Fsp3) is 0.118. The normalized spacial score (nSPS) is 9.88. The van der Waals surface area contributed by atoms with E-state index in [1.165, 1.54) is 43.5 Å². The fourth-order valence-electron chi connectivity index (χ4n) is 1.91. The summed E-state index contributed by atoms with van der Waals surface area (Å²) in [5, 5.41) is 11.4. The molecule has 7 heteroatoms. The van der Waals surface area contributed by atoms with Crippen molar-refractivity contribution in [3.8, 4) is 11.5 Å². The molecule has 7 nitrogen and oxygen atoms in total. The standard InChI is InChI=1S/C17H15NO6/c1-23-15-8-11(9-19)2-7-14(15)24-10-16(20)18-13-5-3-12(4-6-13)17(21)22/h2-9H,10H2,1H3,(H,18,20)(H,21,22). The van der Waals surface area contributed by atoms with Crippen molar-refractivity contribution in [2.75, 3.05) is 19.0 Å². The summed E-state index contributed by atoms with van der Waals surface area (Å²) in [6.07, 6.45) is 0.680. The summed E-state index contributed by atoms with van der Waals surface area (Å²) >= 11 is 0. The Labute approximate surface area is 137 Å². The lowest BCUT2D eigenvalue weighted by molar-refractivity contribution is -0.118. The second-order valence-corrected chi connectivity index (χ2v) is 4.75. The summed E-state index contributed by atoms with van der Waals surface area (Å²) in [4.78, 5) is 33.4. The number of hydrogen-bond acceptors (Lipinski definition) is 5. The van der Waals surface area contributed by atoms with Crippen molar-refractivity contribution in [3.05, 3.63) is 53.6 Å². The highest BCUT2D eigenvalue weighted by Gasteiger charge is 2.09. The van der Waals surface area contributed by atoms with Gasteiger partial charge >= 0.3 is 5.97 Å². The maximum Gasteiger partial charge on any atom is 0.335 e. The van der Waals surface area contributed by atoms with Gasteiger partial charge in [-0.3, -0.25) is 9.59 Å². The molecule has 1 amide bonds. The minimum Gasteiger partial charge on any atom is -0.493 e. The number of ether oxygens (including phenoxy) is 2. The van der Waals surface area contributed by atoms with Crippen LogP contribution < -0.4 is 14.8 Å². The van der Waals surface area contributed by atoms with Crippen LogP contribution in [0.4, 0.5) is 5.69 Å². The van der Waals surface area contributed by atoms with E-state index in [4.69, 9.17) is 14.6 Å². The third-order valence-electron chi connectivity index (χ3n) is 3.10. The molecule has 0 heterocycles. The summed E-state index contributed by atoms with van der Waals surface area (Å²) < 4.78 is 10.5. The monoisotopic (exact) mass is 329 g/mol. The Balaban J connectivity index is 1.95. The third kappa shape index (κ3) is 4.33. The van der Waals surface area contributed by atoms with E-state index in [9.17, 15) is 14.4 Å². The number of carboxylic acids is 1. The SMILES string of the molecule is COc1cc(C=O)ccc1OCC(=O)Nc1ccc(C(=O)O)cc1. The van der Waals surface area contributed by atoms with Gasteiger partial charge in [0.05, 0.1) is 12.7 Å². The van der Waals surface area contributed by atoms with Crippen molar-refractivity contribution in [2.45, 2.75) is 0 Å². The van der Waals surface area contributed by atoms with Crippen molar-refractivity contribution in [1.29, 1.82) is 0 Å². The van der Waals surface area contributed by atoms with Gasteiger partial charge in [-0.05, 0) is 42.5 Å². The maximum absolute atomic E-state index is 11.9. The predicted octanol–water partition coefficient (Wildman–Crippen LogP) is 2.22. The number of aldehydes is 1. The van der Waals surface area contributed by atoms with Crippen molar-refractivity contribution < 1.29 is 29.0 Å². The molecule has 2 aromatic rings. The number of methoxy groups -OCH3 is 1. The molecule has 124 valence electrons. The van der Waals surface area contributed by atoms with Gasteiger partial charge in [-0.2, -0.15) is 0 Å². The van der Waals surface area contributed by atoms with Gasteiger partial charge in [0.25, 0.3) is 5.91 Å². The number of aromatic carboxylic acids is 1.